The van der Waals surface area contributed by atoms with E-state index in [2.05, 4.69) is 0 Å². The molecule has 2 heterocycles. The Kier molecular flexibility index (Phi) is 4.57. The summed E-state index contributed by atoms with van der Waals surface area (Å²) in [4.78, 5) is 26.7. The Morgan fingerprint density at radius 1 is 1.17 bits per heavy atom. The van der Waals surface area contributed by atoms with E-state index in [1.165, 1.54) is 0 Å². The van der Waals surface area contributed by atoms with Crippen molar-refractivity contribution < 1.29 is 19.1 Å². The number of rotatable bonds is 2. The molecule has 0 aromatic carbocycles. The molecule has 5 heteroatoms. The molecule has 2 rings (SSSR count). The topological polar surface area (TPSA) is 55.8 Å². The summed E-state index contributed by atoms with van der Waals surface area (Å²) >= 11 is 0. The highest BCUT2D eigenvalue weighted by atomic mass is 16.6. The maximum absolute atomic E-state index is 12.9. The highest BCUT2D eigenvalue weighted by Crippen LogP contribution is 2.44. The molecular weight excluding hydrogens is 294 g/mol. The Hall–Kier alpha value is -1.10. The second-order valence-corrected chi connectivity index (χ2v) is 9.04. The highest BCUT2D eigenvalue weighted by molar-refractivity contribution is 5.86. The first kappa shape index (κ1) is 18.2. The number of carbonyl (C=O) groups excluding carboxylic acids is 2. The average molecular weight is 325 g/mol. The summed E-state index contributed by atoms with van der Waals surface area (Å²) in [5, 5.41) is 0. The van der Waals surface area contributed by atoms with E-state index in [1.807, 2.05) is 48.5 Å². The van der Waals surface area contributed by atoms with E-state index in [9.17, 15) is 9.59 Å². The Balaban J connectivity index is 1.99. The third kappa shape index (κ3) is 4.25. The molecule has 2 aliphatic rings. The van der Waals surface area contributed by atoms with Gasteiger partial charge in [-0.2, -0.15) is 0 Å². The molecule has 5 nitrogen and oxygen atoms in total. The van der Waals surface area contributed by atoms with E-state index < -0.39 is 11.2 Å². The van der Waals surface area contributed by atoms with Crippen LogP contribution in [0.15, 0.2) is 0 Å². The molecule has 0 N–H and O–H groups in total. The lowest BCUT2D eigenvalue weighted by Crippen LogP contribution is -2.39. The van der Waals surface area contributed by atoms with Gasteiger partial charge in [-0.25, -0.2) is 4.79 Å². The minimum absolute atomic E-state index is 0.107. The first-order valence-corrected chi connectivity index (χ1v) is 8.53. The van der Waals surface area contributed by atoms with Crippen LogP contribution in [-0.4, -0.2) is 46.7 Å². The molecule has 2 aliphatic heterocycles. The van der Waals surface area contributed by atoms with Crippen molar-refractivity contribution in [3.8, 4) is 0 Å². The van der Waals surface area contributed by atoms with E-state index in [0.29, 0.717) is 19.5 Å². The predicted molar refractivity (Wildman–Crippen MR) is 88.3 cm³/mol. The maximum Gasteiger partial charge on any atom is 0.410 e. The first-order chi connectivity index (χ1) is 10.3. The largest absolute Gasteiger partial charge is 0.444 e. The van der Waals surface area contributed by atoms with Crippen molar-refractivity contribution in [1.82, 2.24) is 4.90 Å². The predicted octanol–water partition coefficient (Wildman–Crippen LogP) is 3.41. The van der Waals surface area contributed by atoms with Crippen LogP contribution in [0.25, 0.3) is 0 Å². The second kappa shape index (κ2) is 5.76. The van der Waals surface area contributed by atoms with Crippen molar-refractivity contribution in [3.05, 3.63) is 0 Å². The smallest absolute Gasteiger partial charge is 0.410 e. The summed E-state index contributed by atoms with van der Waals surface area (Å²) in [5.41, 5.74) is -1.22. The molecule has 2 atom stereocenters. The van der Waals surface area contributed by atoms with Crippen molar-refractivity contribution in [1.29, 1.82) is 0 Å². The fraction of sp³-hybridized carbons (Fsp3) is 0.889. The van der Waals surface area contributed by atoms with Gasteiger partial charge < -0.3 is 14.4 Å². The fourth-order valence-corrected chi connectivity index (χ4v) is 3.77. The molecule has 0 aromatic heterocycles. The molecule has 0 bridgehead atoms. The van der Waals surface area contributed by atoms with E-state index in [4.69, 9.17) is 9.47 Å². The molecular formula is C18H31NO4. The number of nitrogens with zero attached hydrogens (tertiary/aromatic N) is 1. The minimum Gasteiger partial charge on any atom is -0.444 e. The van der Waals surface area contributed by atoms with E-state index in [-0.39, 0.29) is 29.3 Å². The zero-order valence-electron chi connectivity index (χ0n) is 15.6. The molecule has 2 unspecified atom stereocenters. The van der Waals surface area contributed by atoms with Crippen LogP contribution in [-0.2, 0) is 14.3 Å². The molecule has 0 aromatic rings. The molecule has 0 radical (unpaired) electrons. The van der Waals surface area contributed by atoms with Gasteiger partial charge in [-0.15, -0.1) is 0 Å². The Bertz CT molecular complexity index is 490. The maximum atomic E-state index is 12.9. The molecule has 0 saturated carbocycles. The van der Waals surface area contributed by atoms with E-state index in [1.54, 1.807) is 4.90 Å². The van der Waals surface area contributed by atoms with Gasteiger partial charge in [-0.05, 0) is 61.3 Å². The van der Waals surface area contributed by atoms with Crippen LogP contribution in [0, 0.1) is 11.8 Å². The van der Waals surface area contributed by atoms with Gasteiger partial charge in [0.25, 0.3) is 0 Å². The quantitative estimate of drug-likeness (QED) is 0.781. The number of likely N-dealkylation sites (tertiary alicyclic amines) is 1. The molecule has 2 saturated heterocycles. The number of ether oxygens (including phenoxy) is 2. The van der Waals surface area contributed by atoms with Gasteiger partial charge in [0.1, 0.15) is 11.4 Å². The summed E-state index contributed by atoms with van der Waals surface area (Å²) in [6, 6.07) is 0. The third-order valence-corrected chi connectivity index (χ3v) is 4.66. The lowest BCUT2D eigenvalue weighted by atomic mass is 9.79. The Morgan fingerprint density at radius 3 is 2.26 bits per heavy atom. The third-order valence-electron chi connectivity index (χ3n) is 4.66. The van der Waals surface area contributed by atoms with Crippen molar-refractivity contribution in [2.45, 2.75) is 78.1 Å². The standard InChI is InChI=1S/C18H31NO4/c1-16(2,3)22-15(21)19-9-8-12(11-19)14(20)13-10-17(4,5)23-18(13,6)7/h12-13H,8-11H2,1-7H3. The fourth-order valence-electron chi connectivity index (χ4n) is 3.77. The number of ketones is 1. The van der Waals surface area contributed by atoms with Crippen molar-refractivity contribution >= 4 is 11.9 Å². The molecule has 2 fully saturated rings. The van der Waals surface area contributed by atoms with Gasteiger partial charge in [-0.1, -0.05) is 0 Å². The lowest BCUT2D eigenvalue weighted by molar-refractivity contribution is -0.132. The van der Waals surface area contributed by atoms with Crippen molar-refractivity contribution in [2.24, 2.45) is 11.8 Å². The van der Waals surface area contributed by atoms with Crippen LogP contribution < -0.4 is 0 Å². The lowest BCUT2D eigenvalue weighted by Gasteiger charge is -2.28. The van der Waals surface area contributed by atoms with Crippen LogP contribution in [0.2, 0.25) is 0 Å². The first-order valence-electron chi connectivity index (χ1n) is 8.53. The normalized spacial score (nSPS) is 29.6. The van der Waals surface area contributed by atoms with E-state index in [0.717, 1.165) is 6.42 Å². The van der Waals surface area contributed by atoms with Gasteiger partial charge in [0.15, 0.2) is 0 Å². The van der Waals surface area contributed by atoms with Gasteiger partial charge in [0, 0.05) is 24.9 Å². The minimum atomic E-state index is -0.509. The highest BCUT2D eigenvalue weighted by Gasteiger charge is 2.51. The molecule has 23 heavy (non-hydrogen) atoms. The van der Waals surface area contributed by atoms with E-state index >= 15 is 0 Å². The number of carbonyl (C=O) groups is 2. The molecule has 0 aliphatic carbocycles. The van der Waals surface area contributed by atoms with Crippen LogP contribution in [0.5, 0.6) is 0 Å². The molecule has 132 valence electrons. The number of Topliss-reactive ketones (excluding diaryl/α,β-unsaturated/α-hetero) is 1. The van der Waals surface area contributed by atoms with Gasteiger partial charge in [-0.3, -0.25) is 4.79 Å². The number of hydrogen-bond acceptors (Lipinski definition) is 4. The van der Waals surface area contributed by atoms with Crippen LogP contribution in [0.3, 0.4) is 0 Å². The SMILES string of the molecule is CC(C)(C)OC(=O)N1CCC(C(=O)C2CC(C)(C)OC2(C)C)C1. The molecule has 1 amide bonds. The number of hydrogen-bond donors (Lipinski definition) is 0. The zero-order chi connectivity index (χ0) is 17.6. The van der Waals surface area contributed by atoms with Crippen LogP contribution in [0.4, 0.5) is 4.79 Å². The summed E-state index contributed by atoms with van der Waals surface area (Å²) < 4.78 is 11.4. The summed E-state index contributed by atoms with van der Waals surface area (Å²) in [6.07, 6.45) is 1.13. The second-order valence-electron chi connectivity index (χ2n) is 9.04. The number of amides is 1. The monoisotopic (exact) mass is 325 g/mol. The zero-order valence-corrected chi connectivity index (χ0v) is 15.6. The van der Waals surface area contributed by atoms with Gasteiger partial charge in [0.2, 0.25) is 0 Å². The van der Waals surface area contributed by atoms with Gasteiger partial charge in [0.05, 0.1) is 11.2 Å². The van der Waals surface area contributed by atoms with Crippen molar-refractivity contribution in [3.63, 3.8) is 0 Å². The van der Waals surface area contributed by atoms with Crippen LogP contribution >= 0.6 is 0 Å². The Morgan fingerprint density at radius 2 is 1.78 bits per heavy atom. The summed E-state index contributed by atoms with van der Waals surface area (Å²) in [6.45, 7) is 14.6. The summed E-state index contributed by atoms with van der Waals surface area (Å²) in [5.74, 6) is 0.0111. The Labute approximate surface area is 139 Å². The van der Waals surface area contributed by atoms with Crippen molar-refractivity contribution in [2.75, 3.05) is 13.1 Å². The van der Waals surface area contributed by atoms with Gasteiger partial charge >= 0.3 is 6.09 Å². The van der Waals surface area contributed by atoms with Crippen LogP contribution in [0.1, 0.15) is 61.3 Å². The average Bonchev–Trinajstić information content (AvgIpc) is 2.88. The molecule has 0 spiro atoms. The summed E-state index contributed by atoms with van der Waals surface area (Å²) in [7, 11) is 0.